The van der Waals surface area contributed by atoms with Crippen molar-refractivity contribution in [2.45, 2.75) is 25.7 Å². The Balaban J connectivity index is 1.30. The van der Waals surface area contributed by atoms with Crippen molar-refractivity contribution in [1.82, 2.24) is 9.88 Å². The number of nitrogens with zero attached hydrogens (tertiary/aromatic N) is 1. The molecular weight excluding hydrogens is 528 g/mol. The van der Waals surface area contributed by atoms with E-state index in [4.69, 9.17) is 4.74 Å². The third-order valence-electron chi connectivity index (χ3n) is 7.65. The van der Waals surface area contributed by atoms with E-state index in [1.807, 2.05) is 6.07 Å². The van der Waals surface area contributed by atoms with Crippen LogP contribution in [0.4, 0.5) is 0 Å². The van der Waals surface area contributed by atoms with Crippen molar-refractivity contribution >= 4 is 44.1 Å². The van der Waals surface area contributed by atoms with Crippen LogP contribution in [0.15, 0.2) is 76.9 Å². The van der Waals surface area contributed by atoms with Crippen LogP contribution in [0.25, 0.3) is 16.5 Å². The number of amides is 1. The summed E-state index contributed by atoms with van der Waals surface area (Å²) in [5.41, 5.74) is 9.10. The number of carbonyl (C=O) groups is 2. The van der Waals surface area contributed by atoms with Gasteiger partial charge in [-0.3, -0.25) is 9.59 Å². The summed E-state index contributed by atoms with van der Waals surface area (Å²) in [5.74, 6) is -0.412. The summed E-state index contributed by atoms with van der Waals surface area (Å²) < 4.78 is 6.29. The number of fused-ring (bicyclic) bond motifs is 3. The highest BCUT2D eigenvalue weighted by atomic mass is 79.9. The SMILES string of the molecule is COc1ccc(Br)c2[nH]cc(C(=O)C(=O)N3CCC(=C4c5ccccc5CCc5ccccc54)CC3)c12. The molecule has 1 saturated heterocycles. The zero-order chi connectivity index (χ0) is 25.5. The highest BCUT2D eigenvalue weighted by molar-refractivity contribution is 9.10. The van der Waals surface area contributed by atoms with Gasteiger partial charge in [-0.05, 0) is 81.6 Å². The second kappa shape index (κ2) is 9.67. The van der Waals surface area contributed by atoms with Crippen molar-refractivity contribution in [3.05, 3.63) is 105 Å². The van der Waals surface area contributed by atoms with Crippen molar-refractivity contribution in [3.63, 3.8) is 0 Å². The molecule has 1 fully saturated rings. The quantitative estimate of drug-likeness (QED) is 0.237. The molecule has 1 N–H and O–H groups in total. The van der Waals surface area contributed by atoms with Gasteiger partial charge in [-0.15, -0.1) is 0 Å². The number of aryl methyl sites for hydroxylation is 2. The number of methoxy groups -OCH3 is 1. The highest BCUT2D eigenvalue weighted by Gasteiger charge is 2.30. The molecule has 0 unspecified atom stereocenters. The first kappa shape index (κ1) is 23.7. The molecule has 186 valence electrons. The van der Waals surface area contributed by atoms with E-state index in [2.05, 4.69) is 69.4 Å². The second-order valence-electron chi connectivity index (χ2n) is 9.62. The van der Waals surface area contributed by atoms with Crippen LogP contribution in [-0.4, -0.2) is 41.8 Å². The first-order valence-electron chi connectivity index (χ1n) is 12.6. The Morgan fingerprint density at radius 2 is 1.49 bits per heavy atom. The second-order valence-corrected chi connectivity index (χ2v) is 10.5. The minimum absolute atomic E-state index is 0.342. The van der Waals surface area contributed by atoms with Gasteiger partial charge in [-0.1, -0.05) is 54.1 Å². The third kappa shape index (κ3) is 4.09. The molecule has 4 aromatic rings. The molecule has 0 atom stereocenters. The summed E-state index contributed by atoms with van der Waals surface area (Å²) in [6.45, 7) is 1.05. The van der Waals surface area contributed by atoms with Crippen molar-refractivity contribution in [2.75, 3.05) is 20.2 Å². The van der Waals surface area contributed by atoms with Gasteiger partial charge in [0.25, 0.3) is 11.7 Å². The zero-order valence-electron chi connectivity index (χ0n) is 20.6. The minimum Gasteiger partial charge on any atom is -0.496 e. The molecule has 0 radical (unpaired) electrons. The molecule has 0 spiro atoms. The van der Waals surface area contributed by atoms with Gasteiger partial charge in [0, 0.05) is 23.8 Å². The monoisotopic (exact) mass is 554 g/mol. The van der Waals surface area contributed by atoms with Crippen LogP contribution in [0.5, 0.6) is 5.75 Å². The fraction of sp³-hybridized carbons (Fsp3) is 0.226. The normalized spacial score (nSPS) is 15.2. The topological polar surface area (TPSA) is 62.4 Å². The number of Topliss-reactive ketones (excluding diaryl/α,β-unsaturated/α-hetero) is 1. The number of hydrogen-bond donors (Lipinski definition) is 1. The predicted molar refractivity (Wildman–Crippen MR) is 149 cm³/mol. The lowest BCUT2D eigenvalue weighted by Gasteiger charge is -2.30. The number of carbonyl (C=O) groups excluding carboxylic acids is 2. The smallest absolute Gasteiger partial charge is 0.295 e. The molecular formula is C31H27BrN2O3. The van der Waals surface area contributed by atoms with Gasteiger partial charge in [0.15, 0.2) is 0 Å². The van der Waals surface area contributed by atoms with E-state index in [-0.39, 0.29) is 0 Å². The molecule has 1 aromatic heterocycles. The number of nitrogens with one attached hydrogen (secondary N) is 1. The average molecular weight is 555 g/mol. The number of H-pyrrole nitrogens is 1. The number of piperidine rings is 1. The number of rotatable bonds is 3. The Hall–Kier alpha value is -3.64. The maximum atomic E-state index is 13.4. The Morgan fingerprint density at radius 3 is 2.11 bits per heavy atom. The lowest BCUT2D eigenvalue weighted by molar-refractivity contribution is -0.126. The maximum Gasteiger partial charge on any atom is 0.295 e. The van der Waals surface area contributed by atoms with Gasteiger partial charge < -0.3 is 14.6 Å². The minimum atomic E-state index is -0.510. The van der Waals surface area contributed by atoms with Crippen LogP contribution in [0.3, 0.4) is 0 Å². The lowest BCUT2D eigenvalue weighted by atomic mass is 9.86. The fourth-order valence-corrected chi connectivity index (χ4v) is 6.23. The Morgan fingerprint density at radius 1 is 0.865 bits per heavy atom. The third-order valence-corrected chi connectivity index (χ3v) is 8.31. The molecule has 1 aliphatic carbocycles. The first-order chi connectivity index (χ1) is 18.1. The van der Waals surface area contributed by atoms with Crippen LogP contribution in [0.2, 0.25) is 0 Å². The zero-order valence-corrected chi connectivity index (χ0v) is 22.2. The van der Waals surface area contributed by atoms with E-state index in [0.717, 1.165) is 35.7 Å². The number of aromatic nitrogens is 1. The van der Waals surface area contributed by atoms with Gasteiger partial charge in [-0.25, -0.2) is 0 Å². The largest absolute Gasteiger partial charge is 0.496 e. The van der Waals surface area contributed by atoms with Gasteiger partial charge in [0.2, 0.25) is 0 Å². The van der Waals surface area contributed by atoms with Crippen molar-refractivity contribution in [2.24, 2.45) is 0 Å². The van der Waals surface area contributed by atoms with E-state index in [1.165, 1.54) is 33.4 Å². The van der Waals surface area contributed by atoms with Crippen LogP contribution in [0, 0.1) is 0 Å². The van der Waals surface area contributed by atoms with E-state index in [9.17, 15) is 9.59 Å². The van der Waals surface area contributed by atoms with Gasteiger partial charge in [0.1, 0.15) is 5.75 Å². The van der Waals surface area contributed by atoms with Gasteiger partial charge >= 0.3 is 0 Å². The van der Waals surface area contributed by atoms with Gasteiger partial charge in [0.05, 0.1) is 23.6 Å². The van der Waals surface area contributed by atoms with Crippen molar-refractivity contribution in [1.29, 1.82) is 0 Å². The fourth-order valence-electron chi connectivity index (χ4n) is 5.78. The average Bonchev–Trinajstić information content (AvgIpc) is 3.32. The Bertz CT molecular complexity index is 1520. The highest BCUT2D eigenvalue weighted by Crippen LogP contribution is 2.39. The summed E-state index contributed by atoms with van der Waals surface area (Å²) >= 11 is 3.51. The molecule has 1 aliphatic heterocycles. The number of likely N-dealkylation sites (tertiary alicyclic amines) is 1. The van der Waals surface area contributed by atoms with Gasteiger partial charge in [-0.2, -0.15) is 0 Å². The number of hydrogen-bond acceptors (Lipinski definition) is 3. The number of aromatic amines is 1. The lowest BCUT2D eigenvalue weighted by Crippen LogP contribution is -2.40. The molecule has 6 heteroatoms. The number of halogens is 1. The maximum absolute atomic E-state index is 13.4. The number of ketones is 1. The summed E-state index contributed by atoms with van der Waals surface area (Å²) in [7, 11) is 1.56. The predicted octanol–water partition coefficient (Wildman–Crippen LogP) is 6.34. The number of ether oxygens (including phenoxy) is 1. The number of benzene rings is 3. The molecule has 2 heterocycles. The van der Waals surface area contributed by atoms with Crippen LogP contribution in [-0.2, 0) is 17.6 Å². The molecule has 3 aromatic carbocycles. The summed E-state index contributed by atoms with van der Waals surface area (Å²) in [5, 5.41) is 0.627. The van der Waals surface area contributed by atoms with E-state index in [1.54, 1.807) is 24.3 Å². The molecule has 0 saturated carbocycles. The summed E-state index contributed by atoms with van der Waals surface area (Å²) in [6.07, 6.45) is 5.15. The van der Waals surface area contributed by atoms with E-state index >= 15 is 0 Å². The Kier molecular flexibility index (Phi) is 6.21. The van der Waals surface area contributed by atoms with Crippen LogP contribution in [0.1, 0.15) is 45.5 Å². The first-order valence-corrected chi connectivity index (χ1v) is 13.4. The van der Waals surface area contributed by atoms with Crippen molar-refractivity contribution in [3.8, 4) is 5.75 Å². The van der Waals surface area contributed by atoms with Crippen molar-refractivity contribution < 1.29 is 14.3 Å². The van der Waals surface area contributed by atoms with E-state index in [0.29, 0.717) is 29.8 Å². The Labute approximate surface area is 224 Å². The summed E-state index contributed by atoms with van der Waals surface area (Å²) in [4.78, 5) is 31.5. The standard InChI is InChI=1S/C31H27BrN2O3/c1-37-26-13-12-25(32)29-28(26)24(18-33-29)30(35)31(36)34-16-14-21(15-17-34)27-22-8-4-2-6-19(22)10-11-20-7-3-5-9-23(20)27/h2-9,12-13,18,33H,10-11,14-17H2,1H3. The van der Waals surface area contributed by atoms with Crippen LogP contribution < -0.4 is 4.74 Å². The summed E-state index contributed by atoms with van der Waals surface area (Å²) in [6, 6.07) is 21.0. The van der Waals surface area contributed by atoms with Crippen LogP contribution >= 0.6 is 15.9 Å². The van der Waals surface area contributed by atoms with E-state index < -0.39 is 11.7 Å². The molecule has 37 heavy (non-hydrogen) atoms. The molecule has 2 aliphatic rings. The molecule has 5 nitrogen and oxygen atoms in total. The molecule has 6 rings (SSSR count). The molecule has 0 bridgehead atoms. The molecule has 1 amide bonds.